The fourth-order valence-electron chi connectivity index (χ4n) is 5.28. The topological polar surface area (TPSA) is 71.1 Å². The van der Waals surface area contributed by atoms with E-state index in [1.54, 1.807) is 0 Å². The van der Waals surface area contributed by atoms with Crippen molar-refractivity contribution in [2.45, 2.75) is 90.2 Å². The molecule has 0 bridgehead atoms. The van der Waals surface area contributed by atoms with E-state index in [1.807, 2.05) is 52.1 Å². The van der Waals surface area contributed by atoms with Gasteiger partial charge in [0.25, 0.3) is 0 Å². The van der Waals surface area contributed by atoms with Crippen LogP contribution < -0.4 is 9.47 Å². The van der Waals surface area contributed by atoms with Crippen LogP contribution in [0.25, 0.3) is 0 Å². The molecule has 0 N–H and O–H groups in total. The van der Waals surface area contributed by atoms with Gasteiger partial charge in [-0.3, -0.25) is 9.59 Å². The Balaban J connectivity index is 0.000000139. The number of ether oxygens (including phenoxy) is 2. The van der Waals surface area contributed by atoms with Crippen molar-refractivity contribution in [3.8, 4) is 11.5 Å². The summed E-state index contributed by atoms with van der Waals surface area (Å²) in [6.07, 6.45) is 4.74. The number of nitrogens with zero attached hydrogens (tertiary/aromatic N) is 1. The highest BCUT2D eigenvalue weighted by atomic mass is 35.5. The molecule has 0 radical (unpaired) electrons. The van der Waals surface area contributed by atoms with Crippen molar-refractivity contribution >= 4 is 30.2 Å². The SMILES string of the molecule is CC(C)(C)Oc1ccc(C2CC2)cc1.CC(C)(C)Oc1ccc(Cl)cc1.C[N+]12CC(=O)O[B-]1(C1CC1)OC(=O)C2. The molecule has 4 aliphatic rings. The summed E-state index contributed by atoms with van der Waals surface area (Å²) >= 11 is 5.73. The zero-order chi connectivity index (χ0) is 29.3. The van der Waals surface area contributed by atoms with E-state index >= 15 is 0 Å². The Labute approximate surface area is 243 Å². The Morgan fingerprint density at radius 3 is 1.55 bits per heavy atom. The molecule has 0 unspecified atom stereocenters. The predicted octanol–water partition coefficient (Wildman–Crippen LogP) is 6.91. The van der Waals surface area contributed by atoms with Crippen LogP contribution in [0, 0.1) is 0 Å². The fourth-order valence-corrected chi connectivity index (χ4v) is 5.41. The maximum atomic E-state index is 11.3. The average Bonchev–Trinajstić information content (AvgIpc) is 3.72. The Bertz CT molecular complexity index is 1170. The molecule has 2 aliphatic carbocycles. The van der Waals surface area contributed by atoms with Crippen molar-refractivity contribution in [1.82, 2.24) is 0 Å². The second-order valence-corrected chi connectivity index (χ2v) is 14.0. The van der Waals surface area contributed by atoms with Crippen molar-refractivity contribution in [2.75, 3.05) is 20.1 Å². The highest BCUT2D eigenvalue weighted by Crippen LogP contribution is 2.53. The van der Waals surface area contributed by atoms with Gasteiger partial charge in [0.05, 0.1) is 0 Å². The van der Waals surface area contributed by atoms with E-state index in [0.29, 0.717) is 4.39 Å². The van der Waals surface area contributed by atoms with Crippen molar-refractivity contribution < 1.29 is 32.8 Å². The number of carbonyl (C=O) groups excluding carboxylic acids is 2. The first-order valence-electron chi connectivity index (χ1n) is 14.2. The molecule has 2 heterocycles. The van der Waals surface area contributed by atoms with Crippen LogP contribution in [0.2, 0.25) is 10.8 Å². The van der Waals surface area contributed by atoms with Gasteiger partial charge in [-0.15, -0.1) is 0 Å². The molecule has 0 spiro atoms. The van der Waals surface area contributed by atoms with E-state index in [1.165, 1.54) is 18.4 Å². The highest BCUT2D eigenvalue weighted by Gasteiger charge is 2.71. The molecule has 0 aromatic heterocycles. The first kappa shape index (κ1) is 30.3. The maximum Gasteiger partial charge on any atom is 0.586 e. The minimum absolute atomic E-state index is 0.0961. The van der Waals surface area contributed by atoms with Crippen LogP contribution in [0.3, 0.4) is 0 Å². The molecule has 4 fully saturated rings. The number of likely N-dealkylation sites (N-methyl/N-ethyl adjacent to an activating group) is 1. The monoisotopic (exact) mass is 571 g/mol. The highest BCUT2D eigenvalue weighted by molar-refractivity contribution is 6.68. The third kappa shape index (κ3) is 7.94. The first-order valence-corrected chi connectivity index (χ1v) is 14.6. The second kappa shape index (κ2) is 11.3. The lowest BCUT2D eigenvalue weighted by Crippen LogP contribution is -2.60. The molecule has 2 aromatic rings. The summed E-state index contributed by atoms with van der Waals surface area (Å²) in [5.41, 5.74) is 1.22. The van der Waals surface area contributed by atoms with Crippen LogP contribution in [-0.2, 0) is 18.9 Å². The molecule has 40 heavy (non-hydrogen) atoms. The van der Waals surface area contributed by atoms with Gasteiger partial charge in [0, 0.05) is 12.1 Å². The van der Waals surface area contributed by atoms with Gasteiger partial charge in [-0.2, -0.15) is 0 Å². The van der Waals surface area contributed by atoms with Crippen LogP contribution in [0.4, 0.5) is 0 Å². The summed E-state index contributed by atoms with van der Waals surface area (Å²) in [6, 6.07) is 15.9. The Morgan fingerprint density at radius 1 is 0.750 bits per heavy atom. The number of hydrogen-bond donors (Lipinski definition) is 0. The minimum atomic E-state index is -1.69. The molecule has 2 aromatic carbocycles. The minimum Gasteiger partial charge on any atom is -0.600 e. The van der Waals surface area contributed by atoms with Crippen molar-refractivity contribution in [3.63, 3.8) is 0 Å². The first-order chi connectivity index (χ1) is 18.6. The molecule has 2 aliphatic heterocycles. The summed E-state index contributed by atoms with van der Waals surface area (Å²) in [5, 5.41) is 0.733. The third-order valence-corrected chi connectivity index (χ3v) is 7.51. The molecular formula is C31H43BClNO6. The number of hydrogen-bond acceptors (Lipinski definition) is 6. The fraction of sp³-hybridized carbons (Fsp3) is 0.548. The quantitative estimate of drug-likeness (QED) is 0.372. The molecule has 0 atom stereocenters. The zero-order valence-corrected chi connectivity index (χ0v) is 25.6. The van der Waals surface area contributed by atoms with Crippen LogP contribution in [0.15, 0.2) is 48.5 Å². The summed E-state index contributed by atoms with van der Waals surface area (Å²) in [7, 11) is 1.88. The van der Waals surface area contributed by atoms with E-state index in [9.17, 15) is 9.59 Å². The Morgan fingerprint density at radius 2 is 1.18 bits per heavy atom. The Hall–Kier alpha value is -2.71. The number of fused-ring (bicyclic) bond motifs is 1. The Kier molecular flexibility index (Phi) is 8.54. The van der Waals surface area contributed by atoms with Crippen molar-refractivity contribution in [2.24, 2.45) is 0 Å². The predicted molar refractivity (Wildman–Crippen MR) is 157 cm³/mol. The van der Waals surface area contributed by atoms with E-state index in [4.69, 9.17) is 30.4 Å². The summed E-state index contributed by atoms with van der Waals surface area (Å²) in [5.74, 6) is 2.48. The van der Waals surface area contributed by atoms with Gasteiger partial charge in [-0.05, 0) is 108 Å². The van der Waals surface area contributed by atoms with Crippen molar-refractivity contribution in [1.29, 1.82) is 0 Å². The molecule has 2 saturated carbocycles. The third-order valence-electron chi connectivity index (χ3n) is 7.26. The van der Waals surface area contributed by atoms with Crippen LogP contribution in [-0.4, -0.2) is 54.4 Å². The van der Waals surface area contributed by atoms with Gasteiger partial charge in [-0.1, -0.05) is 36.6 Å². The number of carbonyl (C=O) groups is 2. The maximum absolute atomic E-state index is 11.3. The van der Waals surface area contributed by atoms with Crippen LogP contribution in [0.5, 0.6) is 11.5 Å². The number of rotatable bonds is 4. The molecule has 6 rings (SSSR count). The smallest absolute Gasteiger partial charge is 0.586 e. The van der Waals surface area contributed by atoms with Crippen LogP contribution in [0.1, 0.15) is 78.7 Å². The van der Waals surface area contributed by atoms with Gasteiger partial charge >= 0.3 is 18.6 Å². The lowest BCUT2D eigenvalue weighted by Gasteiger charge is -2.39. The number of halogens is 1. The van der Waals surface area contributed by atoms with Gasteiger partial charge in [0.1, 0.15) is 35.8 Å². The van der Waals surface area contributed by atoms with E-state index in [2.05, 4.69) is 45.0 Å². The van der Waals surface area contributed by atoms with E-state index in [0.717, 1.165) is 35.3 Å². The molecular weight excluding hydrogens is 529 g/mol. The standard InChI is InChI=1S/C13H18O.C10H13ClO.C8H12BNO4/c1-13(2,3)14-12-8-6-11(7-9-12)10-4-5-10;1-10(2,3)12-9-6-4-8(11)5-7-9;1-10-4-7(11)13-9(10,6-2-3-6)14-8(12)5-10/h6-10H,4-5H2,1-3H3;4-7H,1-3H3;6H,2-5H2,1H3. The largest absolute Gasteiger partial charge is 0.600 e. The van der Waals surface area contributed by atoms with Gasteiger partial charge in [0.2, 0.25) is 0 Å². The number of benzene rings is 2. The summed E-state index contributed by atoms with van der Waals surface area (Å²) < 4.78 is 22.4. The van der Waals surface area contributed by atoms with Crippen molar-refractivity contribution in [3.05, 3.63) is 59.1 Å². The zero-order valence-electron chi connectivity index (χ0n) is 24.9. The molecule has 7 nitrogen and oxygen atoms in total. The lowest BCUT2D eigenvalue weighted by atomic mass is 9.62. The summed E-state index contributed by atoms with van der Waals surface area (Å²) in [4.78, 5) is 22.6. The second-order valence-electron chi connectivity index (χ2n) is 13.6. The molecule has 218 valence electrons. The molecule has 2 saturated heterocycles. The van der Waals surface area contributed by atoms with E-state index in [-0.39, 0.29) is 42.0 Å². The molecule has 0 amide bonds. The normalized spacial score (nSPS) is 25.4. The molecule has 9 heteroatoms. The lowest BCUT2D eigenvalue weighted by molar-refractivity contribution is -0.794. The average molecular weight is 572 g/mol. The van der Waals surface area contributed by atoms with Gasteiger partial charge in [-0.25, -0.2) is 0 Å². The van der Waals surface area contributed by atoms with Gasteiger partial charge in [0.15, 0.2) is 0 Å². The number of quaternary nitrogens is 1. The van der Waals surface area contributed by atoms with E-state index < -0.39 is 6.69 Å². The van der Waals surface area contributed by atoms with Crippen LogP contribution >= 0.6 is 11.6 Å². The summed E-state index contributed by atoms with van der Waals surface area (Å²) in [6.45, 7) is 11.1. The van der Waals surface area contributed by atoms with Gasteiger partial charge < -0.3 is 23.2 Å².